The molecule has 0 aromatic heterocycles. The van der Waals surface area contributed by atoms with Crippen molar-refractivity contribution in [1.29, 1.82) is 0 Å². The van der Waals surface area contributed by atoms with Crippen LogP contribution in [-0.4, -0.2) is 33.3 Å². The van der Waals surface area contributed by atoms with Crippen molar-refractivity contribution in [3.05, 3.63) is 96.6 Å². The zero-order chi connectivity index (χ0) is 22.7. The second kappa shape index (κ2) is 8.81. The van der Waals surface area contributed by atoms with Gasteiger partial charge in [-0.05, 0) is 29.8 Å². The van der Waals surface area contributed by atoms with Gasteiger partial charge in [0.15, 0.2) is 0 Å². The third-order valence-corrected chi connectivity index (χ3v) is 8.83. The summed E-state index contributed by atoms with van der Waals surface area (Å²) in [4.78, 5) is -0.855. The maximum atomic E-state index is 13.9. The van der Waals surface area contributed by atoms with Gasteiger partial charge in [0, 0.05) is 6.54 Å². The monoisotopic (exact) mass is 469 g/mol. The molecule has 164 valence electrons. The maximum Gasteiger partial charge on any atom is 0.397 e. The highest BCUT2D eigenvalue weighted by Gasteiger charge is 2.47. The van der Waals surface area contributed by atoms with Gasteiger partial charge in [0.05, 0.1) is 15.7 Å². The number of hydrogen-bond acceptors (Lipinski definition) is 4. The fraction of sp³-hybridized carbons (Fsp3) is 0.143. The fourth-order valence-corrected chi connectivity index (χ4v) is 6.69. The van der Waals surface area contributed by atoms with Crippen LogP contribution < -0.4 is 0 Å². The van der Waals surface area contributed by atoms with E-state index in [9.17, 15) is 30.0 Å². The molecule has 0 aliphatic heterocycles. The first kappa shape index (κ1) is 23.0. The molecule has 1 atom stereocenters. The lowest BCUT2D eigenvalue weighted by atomic mass is 9.99. The van der Waals surface area contributed by atoms with Crippen molar-refractivity contribution in [3.8, 4) is 0 Å². The van der Waals surface area contributed by atoms with Gasteiger partial charge in [-0.2, -0.15) is 13.2 Å². The van der Waals surface area contributed by atoms with Crippen LogP contribution in [-0.2, 0) is 20.0 Å². The van der Waals surface area contributed by atoms with Gasteiger partial charge in [0.25, 0.3) is 20.0 Å². The SMILES string of the molecule is O=S(=O)(c1ccccc1)N(CC(c1ccccc1)C(F)(F)F)S(=O)(=O)c1ccccc1. The van der Waals surface area contributed by atoms with Crippen molar-refractivity contribution in [2.75, 3.05) is 6.54 Å². The summed E-state index contributed by atoms with van der Waals surface area (Å²) in [7, 11) is -9.65. The Morgan fingerprint density at radius 2 is 1.00 bits per heavy atom. The lowest BCUT2D eigenvalue weighted by Gasteiger charge is -2.28. The summed E-state index contributed by atoms with van der Waals surface area (Å²) in [6.07, 6.45) is -4.89. The summed E-state index contributed by atoms with van der Waals surface area (Å²) < 4.78 is 94.6. The fourth-order valence-electron chi connectivity index (χ4n) is 2.98. The van der Waals surface area contributed by atoms with Crippen molar-refractivity contribution >= 4 is 20.0 Å². The van der Waals surface area contributed by atoms with Crippen LogP contribution in [0.1, 0.15) is 11.5 Å². The van der Waals surface area contributed by atoms with E-state index in [1.807, 2.05) is 0 Å². The van der Waals surface area contributed by atoms with Gasteiger partial charge < -0.3 is 0 Å². The quantitative estimate of drug-likeness (QED) is 0.514. The number of alkyl halides is 3. The van der Waals surface area contributed by atoms with E-state index in [2.05, 4.69) is 0 Å². The molecule has 10 heteroatoms. The summed E-state index contributed by atoms with van der Waals surface area (Å²) in [5, 5.41) is 0. The minimum Gasteiger partial charge on any atom is -0.206 e. The highest BCUT2D eigenvalue weighted by atomic mass is 32.3. The number of sulfonamides is 2. The van der Waals surface area contributed by atoms with Crippen LogP contribution in [0.3, 0.4) is 0 Å². The molecule has 5 nitrogen and oxygen atoms in total. The Morgan fingerprint density at radius 3 is 1.35 bits per heavy atom. The second-order valence-electron chi connectivity index (χ2n) is 6.60. The Kier molecular flexibility index (Phi) is 6.54. The van der Waals surface area contributed by atoms with E-state index < -0.39 is 48.5 Å². The summed E-state index contributed by atoms with van der Waals surface area (Å²) >= 11 is 0. The van der Waals surface area contributed by atoms with Crippen molar-refractivity contribution < 1.29 is 30.0 Å². The molecular weight excluding hydrogens is 451 g/mol. The smallest absolute Gasteiger partial charge is 0.206 e. The highest BCUT2D eigenvalue weighted by Crippen LogP contribution is 2.38. The molecule has 0 bridgehead atoms. The van der Waals surface area contributed by atoms with Crippen LogP contribution in [0.2, 0.25) is 0 Å². The van der Waals surface area contributed by atoms with E-state index in [-0.39, 0.29) is 9.27 Å². The molecule has 0 radical (unpaired) electrons. The Bertz CT molecular complexity index is 1150. The number of benzene rings is 3. The standard InChI is InChI=1S/C21H18F3NO4S2/c22-21(23,24)20(17-10-4-1-5-11-17)16-25(30(26,27)18-12-6-2-7-13-18)31(28,29)19-14-8-3-9-15-19/h1-15,20H,16H2. The van der Waals surface area contributed by atoms with Gasteiger partial charge in [-0.25, -0.2) is 16.8 Å². The molecule has 3 aromatic carbocycles. The second-order valence-corrected chi connectivity index (χ2v) is 10.6. The van der Waals surface area contributed by atoms with Gasteiger partial charge in [-0.3, -0.25) is 0 Å². The molecule has 0 saturated carbocycles. The first-order valence-electron chi connectivity index (χ1n) is 9.04. The van der Waals surface area contributed by atoms with Crippen LogP contribution in [0.4, 0.5) is 13.2 Å². The van der Waals surface area contributed by atoms with Crippen LogP contribution in [0, 0.1) is 0 Å². The van der Waals surface area contributed by atoms with E-state index in [1.165, 1.54) is 66.7 Å². The summed E-state index contributed by atoms with van der Waals surface area (Å²) in [6, 6.07) is 19.6. The number of nitrogens with zero attached hydrogens (tertiary/aromatic N) is 1. The largest absolute Gasteiger partial charge is 0.397 e. The van der Waals surface area contributed by atoms with Crippen molar-refractivity contribution in [2.24, 2.45) is 0 Å². The van der Waals surface area contributed by atoms with Gasteiger partial charge in [0.1, 0.15) is 0 Å². The average Bonchev–Trinajstić information content (AvgIpc) is 2.75. The third kappa shape index (κ3) is 4.97. The normalized spacial score (nSPS) is 13.8. The molecule has 0 saturated heterocycles. The molecule has 0 spiro atoms. The highest BCUT2D eigenvalue weighted by molar-refractivity contribution is 8.04. The van der Waals surface area contributed by atoms with E-state index >= 15 is 0 Å². The molecule has 0 aliphatic rings. The predicted molar refractivity (Wildman–Crippen MR) is 109 cm³/mol. The van der Waals surface area contributed by atoms with Gasteiger partial charge in [-0.15, -0.1) is 0 Å². The lowest BCUT2D eigenvalue weighted by molar-refractivity contribution is -0.150. The summed E-state index contributed by atoms with van der Waals surface area (Å²) in [5.74, 6) is -2.36. The first-order chi connectivity index (χ1) is 14.5. The van der Waals surface area contributed by atoms with Gasteiger partial charge >= 0.3 is 6.18 Å². The molecular formula is C21H18F3NO4S2. The van der Waals surface area contributed by atoms with Gasteiger partial charge in [-0.1, -0.05) is 70.4 Å². The van der Waals surface area contributed by atoms with Gasteiger partial charge in [0.2, 0.25) is 0 Å². The topological polar surface area (TPSA) is 71.5 Å². The summed E-state index contributed by atoms with van der Waals surface area (Å²) in [5.41, 5.74) is -0.244. The minimum absolute atomic E-state index is 0.0597. The Labute approximate surface area is 178 Å². The first-order valence-corrected chi connectivity index (χ1v) is 11.9. The molecule has 31 heavy (non-hydrogen) atoms. The Hall–Kier alpha value is -2.69. The Morgan fingerprint density at radius 1 is 0.645 bits per heavy atom. The predicted octanol–water partition coefficient (Wildman–Crippen LogP) is 4.41. The molecule has 0 N–H and O–H groups in total. The third-order valence-electron chi connectivity index (χ3n) is 4.55. The van der Waals surface area contributed by atoms with Crippen molar-refractivity contribution in [3.63, 3.8) is 0 Å². The molecule has 3 rings (SSSR count). The van der Waals surface area contributed by atoms with Crippen LogP contribution in [0.5, 0.6) is 0 Å². The van der Waals surface area contributed by atoms with E-state index in [0.29, 0.717) is 0 Å². The van der Waals surface area contributed by atoms with E-state index in [0.717, 1.165) is 24.3 Å². The minimum atomic E-state index is -4.89. The van der Waals surface area contributed by atoms with Crippen molar-refractivity contribution in [2.45, 2.75) is 21.9 Å². The van der Waals surface area contributed by atoms with E-state index in [1.54, 1.807) is 0 Å². The van der Waals surface area contributed by atoms with Crippen LogP contribution in [0.15, 0.2) is 101 Å². The number of rotatable bonds is 7. The van der Waals surface area contributed by atoms with Crippen molar-refractivity contribution in [1.82, 2.24) is 3.71 Å². The maximum absolute atomic E-state index is 13.9. The molecule has 0 amide bonds. The average molecular weight is 470 g/mol. The lowest BCUT2D eigenvalue weighted by Crippen LogP contribution is -2.42. The zero-order valence-corrected chi connectivity index (χ0v) is 17.6. The summed E-state index contributed by atoms with van der Waals surface area (Å²) in [6.45, 7) is -1.33. The van der Waals surface area contributed by atoms with Crippen LogP contribution >= 0.6 is 0 Å². The molecule has 0 aliphatic carbocycles. The van der Waals surface area contributed by atoms with Crippen LogP contribution in [0.25, 0.3) is 0 Å². The number of hydrogen-bond donors (Lipinski definition) is 0. The van der Waals surface area contributed by atoms with E-state index in [4.69, 9.17) is 0 Å². The zero-order valence-electron chi connectivity index (χ0n) is 16.0. The molecule has 3 aromatic rings. The molecule has 0 heterocycles. The molecule has 0 fully saturated rings. The molecule has 1 unspecified atom stereocenters. The number of halogens is 3. The Balaban J connectivity index is 2.19.